The number of alkyl halides is 6. The van der Waals surface area contributed by atoms with Crippen LogP contribution in [-0.4, -0.2) is 42.5 Å². The Hall–Kier alpha value is -2.31. The van der Waals surface area contributed by atoms with E-state index in [1.165, 1.54) is 12.1 Å². The first-order chi connectivity index (χ1) is 21.4. The first kappa shape index (κ1) is 39.1. The zero-order chi connectivity index (χ0) is 35.5. The lowest BCUT2D eigenvalue weighted by Crippen LogP contribution is -2.36. The smallest absolute Gasteiger partial charge is 0.475 e. The number of halogens is 7. The second-order valence-corrected chi connectivity index (χ2v) is 15.3. The van der Waals surface area contributed by atoms with Gasteiger partial charge in [-0.25, -0.2) is 9.56 Å². The lowest BCUT2D eigenvalue weighted by molar-refractivity contribution is -0.139. The van der Waals surface area contributed by atoms with Crippen molar-refractivity contribution in [2.45, 2.75) is 103 Å². The summed E-state index contributed by atoms with van der Waals surface area (Å²) in [5.41, 5.74) is -4.13. The molecule has 0 N–H and O–H groups in total. The Morgan fingerprint density at radius 1 is 0.915 bits per heavy atom. The molecule has 0 spiro atoms. The van der Waals surface area contributed by atoms with Crippen molar-refractivity contribution in [3.8, 4) is 5.75 Å². The monoisotopic (exact) mass is 715 g/mol. The summed E-state index contributed by atoms with van der Waals surface area (Å²) in [5, 5.41) is 0.125. The molecule has 15 heteroatoms. The third kappa shape index (κ3) is 12.3. The van der Waals surface area contributed by atoms with Gasteiger partial charge in [-0.15, -0.1) is 0 Å². The van der Waals surface area contributed by atoms with Gasteiger partial charge >= 0.3 is 20.2 Å². The van der Waals surface area contributed by atoms with Gasteiger partial charge in [0.25, 0.3) is 0 Å². The topological polar surface area (TPSA) is 75.6 Å². The number of aliphatic imine (C=N–C) groups is 1. The maximum Gasteiger partial charge on any atom is 0.475 e. The van der Waals surface area contributed by atoms with Crippen LogP contribution in [0.15, 0.2) is 41.4 Å². The van der Waals surface area contributed by atoms with Crippen LogP contribution < -0.4 is 4.74 Å². The normalized spacial score (nSPS) is 17.9. The van der Waals surface area contributed by atoms with E-state index in [9.17, 15) is 30.9 Å². The quantitative estimate of drug-likeness (QED) is 0.117. The highest BCUT2D eigenvalue weighted by Crippen LogP contribution is 2.56. The molecule has 0 bridgehead atoms. The molecule has 1 aliphatic rings. The second-order valence-electron chi connectivity index (χ2n) is 13.4. The minimum atomic E-state index is -4.75. The van der Waals surface area contributed by atoms with E-state index < -0.39 is 53.8 Å². The molecule has 0 amide bonds. The highest BCUT2D eigenvalue weighted by Gasteiger charge is 2.43. The van der Waals surface area contributed by atoms with Crippen LogP contribution in [0.1, 0.15) is 83.6 Å². The second kappa shape index (κ2) is 14.7. The third-order valence-corrected chi connectivity index (χ3v) is 9.01. The van der Waals surface area contributed by atoms with E-state index >= 15 is 0 Å². The average Bonchev–Trinajstić information content (AvgIpc) is 3.27. The maximum atomic E-state index is 14.1. The summed E-state index contributed by atoms with van der Waals surface area (Å²) in [4.78, 5) is 4.54. The van der Waals surface area contributed by atoms with E-state index in [4.69, 9.17) is 34.6 Å². The fourth-order valence-corrected chi connectivity index (χ4v) is 6.79. The van der Waals surface area contributed by atoms with Gasteiger partial charge in [-0.05, 0) is 109 Å². The van der Waals surface area contributed by atoms with Crippen LogP contribution in [0.2, 0.25) is 5.02 Å². The Kier molecular flexibility index (Phi) is 12.2. The average molecular weight is 716 g/mol. The molecule has 0 aliphatic carbocycles. The number of aryl methyl sites for hydroxylation is 2. The molecule has 7 nitrogen and oxygen atoms in total. The van der Waals surface area contributed by atoms with Crippen molar-refractivity contribution in [3.05, 3.63) is 63.7 Å². The molecular weight excluding hydrogens is 675 g/mol. The Morgan fingerprint density at radius 3 is 2.09 bits per heavy atom. The molecule has 1 atom stereocenters. The third-order valence-electron chi connectivity index (χ3n) is 6.66. The van der Waals surface area contributed by atoms with Crippen molar-refractivity contribution < 1.29 is 54.0 Å². The summed E-state index contributed by atoms with van der Waals surface area (Å²) in [7, 11) is -4.10. The first-order valence-corrected chi connectivity index (χ1v) is 16.8. The van der Waals surface area contributed by atoms with Crippen molar-refractivity contribution in [1.82, 2.24) is 0 Å². The molecule has 2 aromatic rings. The molecule has 264 valence electrons. The molecule has 0 fully saturated rings. The predicted octanol–water partition coefficient (Wildman–Crippen LogP) is 10.3. The molecule has 1 aliphatic heterocycles. The van der Waals surface area contributed by atoms with Gasteiger partial charge in [0.05, 0.1) is 35.5 Å². The number of ether oxygens (including phenoxy) is 2. The van der Waals surface area contributed by atoms with E-state index in [1.807, 2.05) is 0 Å². The molecule has 3 rings (SSSR count). The molecule has 0 saturated heterocycles. The van der Waals surface area contributed by atoms with E-state index in [1.54, 1.807) is 48.5 Å². The van der Waals surface area contributed by atoms with Gasteiger partial charge in [0.2, 0.25) is 0 Å². The van der Waals surface area contributed by atoms with E-state index in [-0.39, 0.29) is 56.1 Å². The fraction of sp³-hybridized carbons (Fsp3) is 0.594. The van der Waals surface area contributed by atoms with E-state index in [2.05, 4.69) is 4.99 Å². The number of hydrogen-bond acceptors (Lipinski definition) is 7. The van der Waals surface area contributed by atoms with Gasteiger partial charge in [-0.3, -0.25) is 13.6 Å². The molecule has 0 saturated carbocycles. The lowest BCUT2D eigenvalue weighted by Gasteiger charge is -2.33. The lowest BCUT2D eigenvalue weighted by atomic mass is 9.93. The highest BCUT2D eigenvalue weighted by molar-refractivity contribution is 7.48. The summed E-state index contributed by atoms with van der Waals surface area (Å²) < 4.78 is 123. The van der Waals surface area contributed by atoms with Gasteiger partial charge < -0.3 is 9.47 Å². The van der Waals surface area contributed by atoms with Gasteiger partial charge in [0.1, 0.15) is 17.9 Å². The molecular formula is C32H41ClF6NO6P. The zero-order valence-corrected chi connectivity index (χ0v) is 29.1. The highest BCUT2D eigenvalue weighted by atomic mass is 35.5. The number of benzene rings is 2. The van der Waals surface area contributed by atoms with E-state index in [0.29, 0.717) is 11.5 Å². The Labute approximate surface area is 276 Å². The minimum absolute atomic E-state index is 0.0487. The van der Waals surface area contributed by atoms with Crippen molar-refractivity contribution in [2.75, 3.05) is 19.8 Å². The SMILES string of the molecule is CC1=NC(CCc2ccc(OCCCc3cc(C(F)(F)F)ccc3Cl)c(C(F)(F)F)c2)(COP(=O)(OC(C)(C)C)OC(C)(C)C)CO1. The van der Waals surface area contributed by atoms with Crippen LogP contribution >= 0.6 is 19.4 Å². The van der Waals surface area contributed by atoms with Crippen LogP contribution in [0, 0.1) is 0 Å². The number of hydrogen-bond donors (Lipinski definition) is 0. The number of nitrogens with zero attached hydrogens (tertiary/aromatic N) is 1. The van der Waals surface area contributed by atoms with Gasteiger partial charge in [0, 0.05) is 11.9 Å². The molecule has 47 heavy (non-hydrogen) atoms. The van der Waals surface area contributed by atoms with Crippen molar-refractivity contribution in [1.29, 1.82) is 0 Å². The molecule has 0 radical (unpaired) electrons. The summed E-state index contributed by atoms with van der Waals surface area (Å²) in [6.45, 7) is 11.4. The van der Waals surface area contributed by atoms with Gasteiger partial charge in [-0.2, -0.15) is 26.3 Å². The summed E-state index contributed by atoms with van der Waals surface area (Å²) in [6.07, 6.45) is -8.78. The molecule has 0 aromatic heterocycles. The number of phosphoric ester groups is 1. The Balaban J connectivity index is 1.72. The summed E-state index contributed by atoms with van der Waals surface area (Å²) in [5.74, 6) is -0.0600. The van der Waals surface area contributed by atoms with Crippen LogP contribution in [0.4, 0.5) is 26.3 Å². The number of phosphoric acid groups is 1. The molecule has 1 heterocycles. The first-order valence-electron chi connectivity index (χ1n) is 14.9. The molecule has 1 unspecified atom stereocenters. The largest absolute Gasteiger partial charge is 0.493 e. The van der Waals surface area contributed by atoms with Crippen molar-refractivity contribution in [2.24, 2.45) is 4.99 Å². The fourth-order valence-electron chi connectivity index (χ4n) is 4.70. The van der Waals surface area contributed by atoms with Crippen LogP contribution in [0.5, 0.6) is 5.75 Å². The minimum Gasteiger partial charge on any atom is -0.493 e. The summed E-state index contributed by atoms with van der Waals surface area (Å²) >= 11 is 6.02. The standard InChI is InChI=1S/C32H41ClF6NO6P/c1-21-40-30(19-43-21,20-44-47(41,45-28(2,3)4)46-29(5,6)7)15-14-22-10-13-27(25(17-22)32(37,38)39)42-16-8-9-23-18-24(31(34,35)36)11-12-26(23)33/h10-13,17-18H,8-9,14-16,19-20H2,1-7H3. The van der Waals surface area contributed by atoms with E-state index in [0.717, 1.165) is 24.3 Å². The van der Waals surface area contributed by atoms with Crippen LogP contribution in [0.3, 0.4) is 0 Å². The van der Waals surface area contributed by atoms with Crippen LogP contribution in [0.25, 0.3) is 0 Å². The molecule has 2 aromatic carbocycles. The van der Waals surface area contributed by atoms with Crippen molar-refractivity contribution >= 4 is 25.3 Å². The Morgan fingerprint density at radius 2 is 1.55 bits per heavy atom. The maximum absolute atomic E-state index is 14.1. The zero-order valence-electron chi connectivity index (χ0n) is 27.4. The number of rotatable bonds is 13. The predicted molar refractivity (Wildman–Crippen MR) is 167 cm³/mol. The van der Waals surface area contributed by atoms with Gasteiger partial charge in [0.15, 0.2) is 5.90 Å². The van der Waals surface area contributed by atoms with Crippen LogP contribution in [-0.2, 0) is 48.1 Å². The Bertz CT molecular complexity index is 1450. The van der Waals surface area contributed by atoms with Crippen molar-refractivity contribution in [3.63, 3.8) is 0 Å². The van der Waals surface area contributed by atoms with Gasteiger partial charge in [-0.1, -0.05) is 17.7 Å². The summed E-state index contributed by atoms with van der Waals surface area (Å²) in [6, 6.07) is 6.61.